The van der Waals surface area contributed by atoms with Crippen LogP contribution in [0.3, 0.4) is 0 Å². The highest BCUT2D eigenvalue weighted by Gasteiger charge is 2.10. The summed E-state index contributed by atoms with van der Waals surface area (Å²) in [5, 5.41) is 3.74. The van der Waals surface area contributed by atoms with Gasteiger partial charge in [0.15, 0.2) is 11.4 Å². The number of alkyl halides is 2. The number of hydrogen-bond donors (Lipinski definition) is 1. The third-order valence-corrected chi connectivity index (χ3v) is 1.56. The van der Waals surface area contributed by atoms with E-state index in [1.165, 1.54) is 22.8 Å². The zero-order valence-corrected chi connectivity index (χ0v) is 6.89. The van der Waals surface area contributed by atoms with E-state index in [2.05, 4.69) is 14.8 Å². The largest absolute Gasteiger partial charge is 0.431 e. The minimum absolute atomic E-state index is 0.00955. The van der Waals surface area contributed by atoms with E-state index in [0.29, 0.717) is 0 Å². The van der Waals surface area contributed by atoms with Crippen LogP contribution in [0.2, 0.25) is 0 Å². The molecule has 0 saturated carbocycles. The van der Waals surface area contributed by atoms with Crippen molar-refractivity contribution in [1.82, 2.24) is 14.6 Å². The fraction of sp³-hybridized carbons (Fsp3) is 0.143. The summed E-state index contributed by atoms with van der Waals surface area (Å²) in [5.41, 5.74) is 5.48. The number of anilines is 1. The van der Waals surface area contributed by atoms with Crippen LogP contribution >= 0.6 is 0 Å². The molecule has 0 atom stereocenters. The standard InChI is InChI=1S/C7H6F2N4O/c8-6(9)14-4-2-1-3-13-5(4)11-7(10)12-13/h1-3,6H,(H2,10,12). The number of rotatable bonds is 2. The molecule has 0 aliphatic carbocycles. The summed E-state index contributed by atoms with van der Waals surface area (Å²) in [5.74, 6) is -0.0398. The van der Waals surface area contributed by atoms with Crippen LogP contribution in [-0.4, -0.2) is 21.2 Å². The van der Waals surface area contributed by atoms with E-state index in [1.807, 2.05) is 0 Å². The van der Waals surface area contributed by atoms with Gasteiger partial charge in [0.2, 0.25) is 5.95 Å². The Morgan fingerprint density at radius 2 is 2.29 bits per heavy atom. The maximum Gasteiger partial charge on any atom is 0.387 e. The van der Waals surface area contributed by atoms with E-state index in [4.69, 9.17) is 5.73 Å². The van der Waals surface area contributed by atoms with Crippen LogP contribution < -0.4 is 10.5 Å². The van der Waals surface area contributed by atoms with Gasteiger partial charge in [-0.1, -0.05) is 0 Å². The van der Waals surface area contributed by atoms with Crippen molar-refractivity contribution in [2.75, 3.05) is 5.73 Å². The number of nitrogens with zero attached hydrogens (tertiary/aromatic N) is 3. The number of aromatic nitrogens is 3. The molecule has 0 aliphatic rings. The normalized spacial score (nSPS) is 11.1. The molecular formula is C7H6F2N4O. The average molecular weight is 200 g/mol. The Bertz CT molecular complexity index is 456. The molecule has 5 nitrogen and oxygen atoms in total. The van der Waals surface area contributed by atoms with Gasteiger partial charge in [0.05, 0.1) is 0 Å². The zero-order chi connectivity index (χ0) is 10.1. The molecule has 0 bridgehead atoms. The summed E-state index contributed by atoms with van der Waals surface area (Å²) >= 11 is 0. The van der Waals surface area contributed by atoms with Gasteiger partial charge >= 0.3 is 6.61 Å². The Kier molecular flexibility index (Phi) is 1.91. The maximum atomic E-state index is 11.9. The van der Waals surface area contributed by atoms with Gasteiger partial charge in [0, 0.05) is 6.20 Å². The molecule has 0 spiro atoms. The van der Waals surface area contributed by atoms with Crippen LogP contribution in [0.4, 0.5) is 14.7 Å². The Hall–Kier alpha value is -1.92. The number of pyridine rings is 1. The van der Waals surface area contributed by atoms with Crippen LogP contribution in [0.5, 0.6) is 5.75 Å². The molecule has 7 heteroatoms. The second-order valence-electron chi connectivity index (χ2n) is 2.49. The first-order valence-electron chi connectivity index (χ1n) is 3.72. The highest BCUT2D eigenvalue weighted by atomic mass is 19.3. The summed E-state index contributed by atoms with van der Waals surface area (Å²) in [7, 11) is 0. The molecular weight excluding hydrogens is 194 g/mol. The summed E-state index contributed by atoms with van der Waals surface area (Å²) in [6.07, 6.45) is 1.54. The fourth-order valence-electron chi connectivity index (χ4n) is 1.09. The van der Waals surface area contributed by atoms with Gasteiger partial charge in [-0.3, -0.25) is 0 Å². The predicted octanol–water partition coefficient (Wildman–Crippen LogP) is 0.913. The zero-order valence-electron chi connectivity index (χ0n) is 6.89. The number of ether oxygens (including phenoxy) is 1. The molecule has 0 amide bonds. The monoisotopic (exact) mass is 200 g/mol. The third-order valence-electron chi connectivity index (χ3n) is 1.56. The number of halogens is 2. The van der Waals surface area contributed by atoms with E-state index in [-0.39, 0.29) is 17.3 Å². The lowest BCUT2D eigenvalue weighted by Gasteiger charge is -2.03. The van der Waals surface area contributed by atoms with Crippen molar-refractivity contribution < 1.29 is 13.5 Å². The topological polar surface area (TPSA) is 65.4 Å². The molecule has 0 fully saturated rings. The van der Waals surface area contributed by atoms with Gasteiger partial charge in [-0.05, 0) is 12.1 Å². The van der Waals surface area contributed by atoms with Crippen molar-refractivity contribution in [3.8, 4) is 5.75 Å². The molecule has 0 radical (unpaired) electrons. The van der Waals surface area contributed by atoms with Crippen molar-refractivity contribution in [3.05, 3.63) is 18.3 Å². The minimum Gasteiger partial charge on any atom is -0.431 e. The molecule has 2 N–H and O–H groups in total. The molecule has 0 aromatic carbocycles. The first kappa shape index (κ1) is 8.67. The maximum absolute atomic E-state index is 11.9. The van der Waals surface area contributed by atoms with Crippen molar-refractivity contribution in [3.63, 3.8) is 0 Å². The predicted molar refractivity (Wildman–Crippen MR) is 44.0 cm³/mol. The van der Waals surface area contributed by atoms with Crippen molar-refractivity contribution in [2.45, 2.75) is 6.61 Å². The minimum atomic E-state index is -2.89. The second-order valence-corrected chi connectivity index (χ2v) is 2.49. The summed E-state index contributed by atoms with van der Waals surface area (Å²) in [6.45, 7) is -2.89. The number of hydrogen-bond acceptors (Lipinski definition) is 4. The first-order chi connectivity index (χ1) is 6.66. The second kappa shape index (κ2) is 3.09. The Labute approximate surface area is 77.1 Å². The van der Waals surface area contributed by atoms with Gasteiger partial charge < -0.3 is 10.5 Å². The van der Waals surface area contributed by atoms with Crippen LogP contribution in [0.15, 0.2) is 18.3 Å². The van der Waals surface area contributed by atoms with Crippen LogP contribution in [0.25, 0.3) is 5.65 Å². The van der Waals surface area contributed by atoms with Crippen LogP contribution in [0.1, 0.15) is 0 Å². The number of fused-ring (bicyclic) bond motifs is 1. The summed E-state index contributed by atoms with van der Waals surface area (Å²) < 4.78 is 29.4. The average Bonchev–Trinajstić information content (AvgIpc) is 2.45. The van der Waals surface area contributed by atoms with E-state index in [1.54, 1.807) is 0 Å². The number of nitrogens with two attached hydrogens (primary N) is 1. The van der Waals surface area contributed by atoms with Crippen molar-refractivity contribution >= 4 is 11.6 Å². The molecule has 0 saturated heterocycles. The van der Waals surface area contributed by atoms with Gasteiger partial charge in [-0.2, -0.15) is 13.8 Å². The Balaban J connectivity index is 2.53. The summed E-state index contributed by atoms with van der Waals surface area (Å²) in [6, 6.07) is 2.88. The van der Waals surface area contributed by atoms with Gasteiger partial charge in [-0.15, -0.1) is 5.10 Å². The Morgan fingerprint density at radius 1 is 1.50 bits per heavy atom. The van der Waals surface area contributed by atoms with E-state index < -0.39 is 6.61 Å². The van der Waals surface area contributed by atoms with E-state index in [9.17, 15) is 8.78 Å². The SMILES string of the molecule is Nc1nc2c(OC(F)F)cccn2n1. The highest BCUT2D eigenvalue weighted by molar-refractivity contribution is 5.54. The van der Waals surface area contributed by atoms with Gasteiger partial charge in [-0.25, -0.2) is 4.52 Å². The lowest BCUT2D eigenvalue weighted by molar-refractivity contribution is -0.0491. The molecule has 74 valence electrons. The molecule has 2 rings (SSSR count). The smallest absolute Gasteiger partial charge is 0.387 e. The molecule has 0 unspecified atom stereocenters. The highest BCUT2D eigenvalue weighted by Crippen LogP contribution is 2.19. The molecule has 2 heterocycles. The summed E-state index contributed by atoms with van der Waals surface area (Å²) in [4.78, 5) is 3.74. The van der Waals surface area contributed by atoms with Crippen molar-refractivity contribution in [2.24, 2.45) is 0 Å². The Morgan fingerprint density at radius 3 is 3.00 bits per heavy atom. The van der Waals surface area contributed by atoms with Crippen molar-refractivity contribution in [1.29, 1.82) is 0 Å². The molecule has 2 aromatic rings. The van der Waals surface area contributed by atoms with E-state index in [0.717, 1.165) is 0 Å². The lowest BCUT2D eigenvalue weighted by atomic mass is 10.4. The first-order valence-corrected chi connectivity index (χ1v) is 3.72. The van der Waals surface area contributed by atoms with Gasteiger partial charge in [0.1, 0.15) is 0 Å². The van der Waals surface area contributed by atoms with Crippen LogP contribution in [0, 0.1) is 0 Å². The third kappa shape index (κ3) is 1.43. The molecule has 2 aromatic heterocycles. The quantitative estimate of drug-likeness (QED) is 0.782. The lowest BCUT2D eigenvalue weighted by Crippen LogP contribution is -2.03. The van der Waals surface area contributed by atoms with Gasteiger partial charge in [0.25, 0.3) is 0 Å². The van der Waals surface area contributed by atoms with Crippen LogP contribution in [-0.2, 0) is 0 Å². The molecule has 0 aliphatic heterocycles. The molecule has 14 heavy (non-hydrogen) atoms. The number of nitrogen functional groups attached to an aromatic ring is 1. The van der Waals surface area contributed by atoms with E-state index >= 15 is 0 Å². The fourth-order valence-corrected chi connectivity index (χ4v) is 1.09.